The summed E-state index contributed by atoms with van der Waals surface area (Å²) in [5, 5.41) is 5.75. The summed E-state index contributed by atoms with van der Waals surface area (Å²) >= 11 is 0. The van der Waals surface area contributed by atoms with E-state index in [2.05, 4.69) is 21.7 Å². The molecule has 0 fully saturated rings. The molecule has 0 saturated carbocycles. The topological polar surface area (TPSA) is 63.2 Å². The first-order valence-electron chi connectivity index (χ1n) is 8.06. The van der Waals surface area contributed by atoms with Gasteiger partial charge in [-0.15, -0.1) is 0 Å². The molecule has 5 nitrogen and oxygen atoms in total. The van der Waals surface area contributed by atoms with E-state index in [0.717, 1.165) is 12.0 Å². The van der Waals surface area contributed by atoms with Gasteiger partial charge in [-0.2, -0.15) is 0 Å². The third-order valence-electron chi connectivity index (χ3n) is 3.69. The van der Waals surface area contributed by atoms with Crippen LogP contribution in [0.15, 0.2) is 30.0 Å². The van der Waals surface area contributed by atoms with Crippen molar-refractivity contribution in [3.05, 3.63) is 35.5 Å². The van der Waals surface area contributed by atoms with Crippen LogP contribution in [0.2, 0.25) is 0 Å². The number of pyridine rings is 1. The summed E-state index contributed by atoms with van der Waals surface area (Å²) in [6, 6.07) is 3.60. The molecule has 22 heavy (non-hydrogen) atoms. The van der Waals surface area contributed by atoms with Gasteiger partial charge in [0, 0.05) is 24.8 Å². The van der Waals surface area contributed by atoms with Gasteiger partial charge in [-0.25, -0.2) is 9.78 Å². The number of carbonyl (C=O) groups is 1. The predicted octanol–water partition coefficient (Wildman–Crippen LogP) is 3.17. The molecule has 0 atom stereocenters. The van der Waals surface area contributed by atoms with E-state index >= 15 is 0 Å². The highest BCUT2D eigenvalue weighted by atomic mass is 16.5. The molecule has 1 heterocycles. The van der Waals surface area contributed by atoms with Crippen LogP contribution < -0.4 is 15.4 Å². The van der Waals surface area contributed by atoms with Crippen LogP contribution in [0.5, 0.6) is 5.88 Å². The molecule has 0 unspecified atom stereocenters. The molecule has 1 aromatic heterocycles. The summed E-state index contributed by atoms with van der Waals surface area (Å²) in [6.07, 6.45) is 9.88. The van der Waals surface area contributed by atoms with Crippen LogP contribution in [-0.2, 0) is 6.54 Å². The molecule has 1 aliphatic rings. The molecule has 2 N–H and O–H groups in total. The average Bonchev–Trinajstić information content (AvgIpc) is 2.55. The van der Waals surface area contributed by atoms with Crippen molar-refractivity contribution in [2.45, 2.75) is 45.6 Å². The molecule has 5 heteroatoms. The van der Waals surface area contributed by atoms with Crippen molar-refractivity contribution < 1.29 is 9.53 Å². The van der Waals surface area contributed by atoms with Crippen molar-refractivity contribution in [1.82, 2.24) is 15.6 Å². The number of carbonyl (C=O) groups excluding carboxylic acids is 1. The van der Waals surface area contributed by atoms with Gasteiger partial charge in [0.2, 0.25) is 5.88 Å². The molecule has 0 aromatic carbocycles. The predicted molar refractivity (Wildman–Crippen MR) is 86.8 cm³/mol. The van der Waals surface area contributed by atoms with Gasteiger partial charge in [-0.1, -0.05) is 17.7 Å². The molecule has 2 rings (SSSR count). The number of nitrogens with zero attached hydrogens (tertiary/aromatic N) is 1. The van der Waals surface area contributed by atoms with Crippen molar-refractivity contribution in [2.75, 3.05) is 13.2 Å². The molecule has 0 bridgehead atoms. The Labute approximate surface area is 132 Å². The Balaban J connectivity index is 1.70. The second-order valence-electron chi connectivity index (χ2n) is 5.37. The van der Waals surface area contributed by atoms with Gasteiger partial charge in [0.05, 0.1) is 6.61 Å². The Hall–Kier alpha value is -2.04. The fraction of sp³-hybridized carbons (Fsp3) is 0.529. The van der Waals surface area contributed by atoms with E-state index in [-0.39, 0.29) is 6.03 Å². The highest BCUT2D eigenvalue weighted by Crippen LogP contribution is 2.19. The average molecular weight is 303 g/mol. The van der Waals surface area contributed by atoms with Gasteiger partial charge < -0.3 is 15.4 Å². The summed E-state index contributed by atoms with van der Waals surface area (Å²) in [4.78, 5) is 16.0. The van der Waals surface area contributed by atoms with Crippen molar-refractivity contribution in [3.63, 3.8) is 0 Å². The van der Waals surface area contributed by atoms with E-state index < -0.39 is 0 Å². The molecular formula is C17H25N3O2. The first kappa shape index (κ1) is 16.3. The van der Waals surface area contributed by atoms with E-state index in [1.54, 1.807) is 6.20 Å². The maximum atomic E-state index is 11.8. The van der Waals surface area contributed by atoms with Crippen LogP contribution in [0.25, 0.3) is 0 Å². The lowest BCUT2D eigenvalue weighted by atomic mass is 9.97. The smallest absolute Gasteiger partial charge is 0.315 e. The first-order chi connectivity index (χ1) is 10.8. The van der Waals surface area contributed by atoms with E-state index in [4.69, 9.17) is 4.74 Å². The Morgan fingerprint density at radius 2 is 2.27 bits per heavy atom. The van der Waals surface area contributed by atoms with Crippen molar-refractivity contribution in [2.24, 2.45) is 0 Å². The Morgan fingerprint density at radius 1 is 1.36 bits per heavy atom. The van der Waals surface area contributed by atoms with Crippen molar-refractivity contribution in [3.8, 4) is 5.88 Å². The molecule has 0 aliphatic heterocycles. The first-order valence-corrected chi connectivity index (χ1v) is 8.06. The summed E-state index contributed by atoms with van der Waals surface area (Å²) in [6.45, 7) is 3.57. The minimum Gasteiger partial charge on any atom is -0.478 e. The van der Waals surface area contributed by atoms with Gasteiger partial charge in [0.1, 0.15) is 0 Å². The van der Waals surface area contributed by atoms with E-state index in [1.165, 1.54) is 31.3 Å². The van der Waals surface area contributed by atoms with E-state index in [9.17, 15) is 4.79 Å². The zero-order chi connectivity index (χ0) is 15.6. The summed E-state index contributed by atoms with van der Waals surface area (Å²) in [5.41, 5.74) is 2.35. The zero-order valence-electron chi connectivity index (χ0n) is 13.2. The molecule has 0 spiro atoms. The second-order valence-corrected chi connectivity index (χ2v) is 5.37. The lowest BCUT2D eigenvalue weighted by Gasteiger charge is -2.13. The van der Waals surface area contributed by atoms with Gasteiger partial charge in [-0.3, -0.25) is 0 Å². The number of amides is 2. The van der Waals surface area contributed by atoms with E-state index in [1.807, 2.05) is 19.1 Å². The number of allylic oxidation sites excluding steroid dienone is 1. The minimum atomic E-state index is -0.150. The number of hydrogen-bond donors (Lipinski definition) is 2. The van der Waals surface area contributed by atoms with Gasteiger partial charge in [-0.05, 0) is 45.1 Å². The van der Waals surface area contributed by atoms with Crippen molar-refractivity contribution >= 4 is 6.03 Å². The molecule has 0 saturated heterocycles. The normalized spacial score (nSPS) is 14.1. The largest absolute Gasteiger partial charge is 0.478 e. The Kier molecular flexibility index (Phi) is 6.74. The van der Waals surface area contributed by atoms with Crippen LogP contribution in [0.4, 0.5) is 4.79 Å². The number of nitrogens with one attached hydrogen (secondary N) is 2. The van der Waals surface area contributed by atoms with Crippen LogP contribution in [0.3, 0.4) is 0 Å². The monoisotopic (exact) mass is 303 g/mol. The maximum absolute atomic E-state index is 11.8. The summed E-state index contributed by atoms with van der Waals surface area (Å²) in [7, 11) is 0. The highest BCUT2D eigenvalue weighted by Gasteiger charge is 2.07. The number of rotatable bonds is 7. The highest BCUT2D eigenvalue weighted by molar-refractivity contribution is 5.73. The van der Waals surface area contributed by atoms with Crippen LogP contribution in [0.1, 0.15) is 44.6 Å². The number of hydrogen-bond acceptors (Lipinski definition) is 3. The number of ether oxygens (including phenoxy) is 1. The third-order valence-corrected chi connectivity index (χ3v) is 3.69. The van der Waals surface area contributed by atoms with Crippen LogP contribution >= 0.6 is 0 Å². The number of urea groups is 1. The third kappa shape index (κ3) is 5.39. The van der Waals surface area contributed by atoms with Gasteiger partial charge >= 0.3 is 6.03 Å². The SMILES string of the molecule is CCOc1ncccc1CNC(=O)NCCC1=CCCCC1. The summed E-state index contributed by atoms with van der Waals surface area (Å²) < 4.78 is 5.44. The fourth-order valence-corrected chi connectivity index (χ4v) is 2.53. The fourth-order valence-electron chi connectivity index (χ4n) is 2.53. The van der Waals surface area contributed by atoms with Gasteiger partial charge in [0.25, 0.3) is 0 Å². The molecule has 120 valence electrons. The second kappa shape index (κ2) is 9.07. The Bertz CT molecular complexity index is 514. The maximum Gasteiger partial charge on any atom is 0.315 e. The zero-order valence-corrected chi connectivity index (χ0v) is 13.2. The van der Waals surface area contributed by atoms with Gasteiger partial charge in [0.15, 0.2) is 0 Å². The molecule has 1 aliphatic carbocycles. The standard InChI is InChI=1S/C17H25N3O2/c1-2-22-16-15(9-6-11-18-16)13-20-17(21)19-12-10-14-7-4-3-5-8-14/h6-7,9,11H,2-5,8,10,12-13H2,1H3,(H2,19,20,21). The lowest BCUT2D eigenvalue weighted by Crippen LogP contribution is -2.35. The molecule has 0 radical (unpaired) electrons. The molecular weight excluding hydrogens is 278 g/mol. The lowest BCUT2D eigenvalue weighted by molar-refractivity contribution is 0.240. The van der Waals surface area contributed by atoms with Crippen LogP contribution in [-0.4, -0.2) is 24.2 Å². The Morgan fingerprint density at radius 3 is 3.05 bits per heavy atom. The van der Waals surface area contributed by atoms with E-state index in [0.29, 0.717) is 25.6 Å². The minimum absolute atomic E-state index is 0.150. The summed E-state index contributed by atoms with van der Waals surface area (Å²) in [5.74, 6) is 0.581. The number of aromatic nitrogens is 1. The quantitative estimate of drug-likeness (QED) is 0.760. The molecule has 2 amide bonds. The van der Waals surface area contributed by atoms with Crippen LogP contribution in [0, 0.1) is 0 Å². The molecule has 1 aromatic rings. The van der Waals surface area contributed by atoms with Crippen molar-refractivity contribution in [1.29, 1.82) is 0 Å².